The number of nitrogens with two attached hydrogens (primary N) is 1. The quantitative estimate of drug-likeness (QED) is 0.796. The molecule has 3 N–H and O–H groups in total. The minimum Gasteiger partial charge on any atom is -0.381 e. The molecule has 1 heterocycles. The minimum absolute atomic E-state index is 0.103. The molecule has 1 saturated carbocycles. The van der Waals surface area contributed by atoms with Gasteiger partial charge in [0.2, 0.25) is 5.91 Å². The van der Waals surface area contributed by atoms with Crippen molar-refractivity contribution in [1.82, 2.24) is 5.32 Å². The molecule has 0 spiro atoms. The van der Waals surface area contributed by atoms with Gasteiger partial charge in [-0.3, -0.25) is 4.79 Å². The number of carbonyl (C=O) groups excluding carboxylic acids is 1. The van der Waals surface area contributed by atoms with Crippen LogP contribution >= 0.6 is 0 Å². The number of hydrogen-bond donors (Lipinski definition) is 2. The summed E-state index contributed by atoms with van der Waals surface area (Å²) in [5.41, 5.74) is 8.31. The zero-order valence-corrected chi connectivity index (χ0v) is 14.9. The molecule has 5 heteroatoms. The van der Waals surface area contributed by atoms with Gasteiger partial charge < -0.3 is 20.5 Å². The lowest BCUT2D eigenvalue weighted by Gasteiger charge is -2.22. The number of nitrogens with one attached hydrogen (secondary N) is 1. The predicted molar refractivity (Wildman–Crippen MR) is 96.9 cm³/mol. The molecule has 1 saturated heterocycles. The summed E-state index contributed by atoms with van der Waals surface area (Å²) in [6.45, 7) is 2.76. The van der Waals surface area contributed by atoms with Crippen LogP contribution in [0.2, 0.25) is 0 Å². The van der Waals surface area contributed by atoms with Crippen LogP contribution in [0.3, 0.4) is 0 Å². The van der Waals surface area contributed by atoms with Crippen LogP contribution in [0.4, 0.5) is 0 Å². The third-order valence-corrected chi connectivity index (χ3v) is 5.30. The molecule has 1 aliphatic carbocycles. The lowest BCUT2D eigenvalue weighted by atomic mass is 10.00. The summed E-state index contributed by atoms with van der Waals surface area (Å²) in [5, 5.41) is 3.03. The molecule has 1 aliphatic heterocycles. The summed E-state index contributed by atoms with van der Waals surface area (Å²) in [7, 11) is 0. The number of carbonyl (C=O) groups is 1. The van der Waals surface area contributed by atoms with Crippen molar-refractivity contribution in [2.45, 2.75) is 63.8 Å². The van der Waals surface area contributed by atoms with E-state index in [1.54, 1.807) is 0 Å². The Morgan fingerprint density at radius 1 is 1.20 bits per heavy atom. The first-order valence-electron chi connectivity index (χ1n) is 9.50. The Hall–Kier alpha value is -1.43. The number of benzene rings is 1. The first-order valence-corrected chi connectivity index (χ1v) is 9.50. The zero-order valence-electron chi connectivity index (χ0n) is 14.9. The van der Waals surface area contributed by atoms with Crippen LogP contribution in [0.25, 0.3) is 0 Å². The number of amides is 1. The van der Waals surface area contributed by atoms with Gasteiger partial charge in [-0.2, -0.15) is 0 Å². The van der Waals surface area contributed by atoms with Gasteiger partial charge in [0.25, 0.3) is 0 Å². The molecule has 0 radical (unpaired) electrons. The van der Waals surface area contributed by atoms with Crippen LogP contribution in [0.15, 0.2) is 24.3 Å². The monoisotopic (exact) mass is 346 g/mol. The summed E-state index contributed by atoms with van der Waals surface area (Å²) in [5.74, 6) is 0.449. The van der Waals surface area contributed by atoms with Crippen molar-refractivity contribution in [3.8, 4) is 0 Å². The van der Waals surface area contributed by atoms with E-state index in [-0.39, 0.29) is 11.9 Å². The maximum absolute atomic E-state index is 12.1. The fraction of sp³-hybridized carbons (Fsp3) is 0.650. The summed E-state index contributed by atoms with van der Waals surface area (Å²) >= 11 is 0. The molecule has 5 nitrogen and oxygen atoms in total. The van der Waals surface area contributed by atoms with Crippen LogP contribution in [0.5, 0.6) is 0 Å². The molecular weight excluding hydrogens is 316 g/mol. The van der Waals surface area contributed by atoms with Crippen LogP contribution in [0.1, 0.15) is 49.7 Å². The van der Waals surface area contributed by atoms with Crippen LogP contribution < -0.4 is 11.1 Å². The molecule has 0 bridgehead atoms. The van der Waals surface area contributed by atoms with Crippen molar-refractivity contribution in [3.63, 3.8) is 0 Å². The van der Waals surface area contributed by atoms with E-state index >= 15 is 0 Å². The predicted octanol–water partition coefficient (Wildman–Crippen LogP) is 2.52. The van der Waals surface area contributed by atoms with Crippen molar-refractivity contribution in [2.24, 2.45) is 11.7 Å². The maximum Gasteiger partial charge on any atom is 0.220 e. The van der Waals surface area contributed by atoms with E-state index in [0.29, 0.717) is 31.6 Å². The number of rotatable bonds is 7. The van der Waals surface area contributed by atoms with Gasteiger partial charge in [0.15, 0.2) is 0 Å². The van der Waals surface area contributed by atoms with Gasteiger partial charge in [0.1, 0.15) is 0 Å². The Balaban J connectivity index is 1.42. The lowest BCUT2D eigenvalue weighted by Crippen LogP contribution is -2.31. The topological polar surface area (TPSA) is 73.6 Å². The van der Waals surface area contributed by atoms with Crippen LogP contribution in [0, 0.1) is 5.92 Å². The third-order valence-electron chi connectivity index (χ3n) is 5.30. The highest BCUT2D eigenvalue weighted by molar-refractivity contribution is 5.76. The molecule has 2 aliphatic rings. The van der Waals surface area contributed by atoms with E-state index in [4.69, 9.17) is 15.2 Å². The second-order valence-corrected chi connectivity index (χ2v) is 7.28. The second kappa shape index (κ2) is 9.32. The molecule has 1 aromatic rings. The lowest BCUT2D eigenvalue weighted by molar-refractivity contribution is -0.122. The number of hydrogen-bond acceptors (Lipinski definition) is 4. The molecule has 1 aromatic carbocycles. The highest BCUT2D eigenvalue weighted by Crippen LogP contribution is 2.26. The highest BCUT2D eigenvalue weighted by Gasteiger charge is 2.25. The molecule has 0 aromatic heterocycles. The van der Waals surface area contributed by atoms with Gasteiger partial charge in [-0.1, -0.05) is 30.7 Å². The van der Waals surface area contributed by atoms with Gasteiger partial charge in [0.05, 0.1) is 12.7 Å². The highest BCUT2D eigenvalue weighted by atomic mass is 16.5. The summed E-state index contributed by atoms with van der Waals surface area (Å²) in [6, 6.07) is 8.44. The van der Waals surface area contributed by atoms with Crippen LogP contribution in [-0.2, 0) is 27.4 Å². The van der Waals surface area contributed by atoms with E-state index in [1.807, 2.05) is 12.1 Å². The molecule has 2 atom stereocenters. The van der Waals surface area contributed by atoms with Gasteiger partial charge in [-0.05, 0) is 42.7 Å². The van der Waals surface area contributed by atoms with E-state index < -0.39 is 0 Å². The summed E-state index contributed by atoms with van der Waals surface area (Å²) in [4.78, 5) is 12.1. The van der Waals surface area contributed by atoms with Crippen molar-refractivity contribution in [3.05, 3.63) is 35.4 Å². The van der Waals surface area contributed by atoms with Gasteiger partial charge in [0, 0.05) is 32.2 Å². The SMILES string of the molecule is N[C@@H]1CCC[C@H]1CC(=O)NCc1cccc(COC2CCOCC2)c1. The van der Waals surface area contributed by atoms with Gasteiger partial charge in [-0.25, -0.2) is 0 Å². The smallest absolute Gasteiger partial charge is 0.220 e. The van der Waals surface area contributed by atoms with E-state index in [9.17, 15) is 4.79 Å². The first-order chi connectivity index (χ1) is 12.2. The fourth-order valence-corrected chi connectivity index (χ4v) is 3.72. The standard InChI is InChI=1S/C20H30N2O3/c21-19-6-2-5-17(19)12-20(23)22-13-15-3-1-4-16(11-15)14-25-18-7-9-24-10-8-18/h1,3-4,11,17-19H,2,5-10,12-14,21H2,(H,22,23)/t17-,19+/m0/s1. The molecular formula is C20H30N2O3. The Bertz CT molecular complexity index is 558. The zero-order chi connectivity index (χ0) is 17.5. The average molecular weight is 346 g/mol. The third kappa shape index (κ3) is 5.80. The van der Waals surface area contributed by atoms with Crippen molar-refractivity contribution >= 4 is 5.91 Å². The normalized spacial score (nSPS) is 24.4. The molecule has 3 rings (SSSR count). The molecule has 2 fully saturated rings. The van der Waals surface area contributed by atoms with E-state index in [0.717, 1.165) is 56.4 Å². The average Bonchev–Trinajstić information content (AvgIpc) is 3.04. The van der Waals surface area contributed by atoms with Crippen molar-refractivity contribution in [2.75, 3.05) is 13.2 Å². The maximum atomic E-state index is 12.1. The summed E-state index contributed by atoms with van der Waals surface area (Å²) < 4.78 is 11.3. The molecule has 25 heavy (non-hydrogen) atoms. The fourth-order valence-electron chi connectivity index (χ4n) is 3.72. The molecule has 138 valence electrons. The largest absolute Gasteiger partial charge is 0.381 e. The molecule has 1 amide bonds. The van der Waals surface area contributed by atoms with Gasteiger partial charge in [-0.15, -0.1) is 0 Å². The Morgan fingerprint density at radius 3 is 2.76 bits per heavy atom. The van der Waals surface area contributed by atoms with Crippen molar-refractivity contribution in [1.29, 1.82) is 0 Å². The second-order valence-electron chi connectivity index (χ2n) is 7.28. The molecule has 0 unspecified atom stereocenters. The van der Waals surface area contributed by atoms with E-state index in [1.165, 1.54) is 0 Å². The van der Waals surface area contributed by atoms with Crippen LogP contribution in [-0.4, -0.2) is 31.3 Å². The van der Waals surface area contributed by atoms with Crippen molar-refractivity contribution < 1.29 is 14.3 Å². The Morgan fingerprint density at radius 2 is 2.00 bits per heavy atom. The Kier molecular flexibility index (Phi) is 6.84. The first kappa shape index (κ1) is 18.4. The Labute approximate surface area is 150 Å². The number of ether oxygens (including phenoxy) is 2. The minimum atomic E-state index is 0.103. The summed E-state index contributed by atoms with van der Waals surface area (Å²) in [6.07, 6.45) is 6.06. The van der Waals surface area contributed by atoms with Gasteiger partial charge >= 0.3 is 0 Å². The van der Waals surface area contributed by atoms with E-state index in [2.05, 4.69) is 17.4 Å².